The predicted molar refractivity (Wildman–Crippen MR) is 129 cm³/mol. The Kier molecular flexibility index (Phi) is 9.22. The lowest BCUT2D eigenvalue weighted by atomic mass is 10.1. The number of nitrogens with one attached hydrogen (secondary N) is 2. The van der Waals surface area contributed by atoms with Crippen LogP contribution in [0.15, 0.2) is 59.1 Å². The maximum atomic E-state index is 12.5. The fraction of sp³-hybridized carbons (Fsp3) is 0.280. The van der Waals surface area contributed by atoms with Crippen molar-refractivity contribution in [3.05, 3.63) is 70.7 Å². The van der Waals surface area contributed by atoms with Crippen LogP contribution in [0.25, 0.3) is 11.3 Å². The number of carbonyl (C=O) groups excluding carboxylic acids is 3. The number of ether oxygens (including phenoxy) is 1. The van der Waals surface area contributed by atoms with Crippen LogP contribution in [-0.2, 0) is 9.53 Å². The van der Waals surface area contributed by atoms with E-state index >= 15 is 0 Å². The molecule has 0 bridgehead atoms. The summed E-state index contributed by atoms with van der Waals surface area (Å²) in [5.41, 5.74) is 1.54. The minimum atomic E-state index is -0.641. The van der Waals surface area contributed by atoms with Crippen LogP contribution in [0.5, 0.6) is 0 Å². The molecule has 0 spiro atoms. The van der Waals surface area contributed by atoms with Gasteiger partial charge in [0.1, 0.15) is 5.69 Å². The molecule has 0 radical (unpaired) electrons. The highest BCUT2D eigenvalue weighted by Crippen LogP contribution is 2.30. The molecule has 2 N–H and O–H groups in total. The molecular weight excluding hydrogens is 458 g/mol. The van der Waals surface area contributed by atoms with E-state index in [0.717, 1.165) is 12.8 Å². The molecule has 1 heterocycles. The number of benzene rings is 2. The van der Waals surface area contributed by atoms with Crippen molar-refractivity contribution < 1.29 is 23.6 Å². The smallest absolute Gasteiger partial charge is 0.346 e. The summed E-state index contributed by atoms with van der Waals surface area (Å²) in [4.78, 5) is 37.0. The highest BCUT2D eigenvalue weighted by molar-refractivity contribution is 6.30. The molecule has 0 aliphatic carbocycles. The van der Waals surface area contributed by atoms with Crippen LogP contribution in [-0.4, -0.2) is 36.1 Å². The summed E-state index contributed by atoms with van der Waals surface area (Å²) in [5.74, 6) is -1.12. The maximum Gasteiger partial charge on any atom is 0.346 e. The van der Waals surface area contributed by atoms with Gasteiger partial charge in [-0.05, 0) is 44.0 Å². The van der Waals surface area contributed by atoms with E-state index in [4.69, 9.17) is 20.9 Å². The number of hydrogen-bond acceptors (Lipinski definition) is 6. The monoisotopic (exact) mass is 483 g/mol. The second-order valence-electron chi connectivity index (χ2n) is 7.44. The van der Waals surface area contributed by atoms with E-state index in [1.165, 1.54) is 0 Å². The molecule has 0 aliphatic heterocycles. The van der Waals surface area contributed by atoms with Gasteiger partial charge >= 0.3 is 5.97 Å². The summed E-state index contributed by atoms with van der Waals surface area (Å²) in [6.45, 7) is 2.38. The van der Waals surface area contributed by atoms with E-state index in [2.05, 4.69) is 15.8 Å². The molecule has 2 amide bonds. The third-order valence-electron chi connectivity index (χ3n) is 4.94. The Morgan fingerprint density at radius 1 is 1.00 bits per heavy atom. The molecule has 0 saturated carbocycles. The first kappa shape index (κ1) is 25.0. The SMILES string of the molecule is CCOC(=O)c1c(-c2ccc(Cl)cc2)noc1NC(=O)CCCCCNC(=O)c1ccccc1. The van der Waals surface area contributed by atoms with E-state index in [9.17, 15) is 14.4 Å². The van der Waals surface area contributed by atoms with E-state index in [0.29, 0.717) is 29.1 Å². The molecule has 1 aromatic heterocycles. The summed E-state index contributed by atoms with van der Waals surface area (Å²) in [6.07, 6.45) is 2.33. The quantitative estimate of drug-likeness (QED) is 0.290. The van der Waals surface area contributed by atoms with Gasteiger partial charge in [0.15, 0.2) is 5.56 Å². The van der Waals surface area contributed by atoms with E-state index in [-0.39, 0.29) is 42.0 Å². The minimum absolute atomic E-state index is 0.0523. The van der Waals surface area contributed by atoms with Gasteiger partial charge in [-0.2, -0.15) is 0 Å². The van der Waals surface area contributed by atoms with Crippen molar-refractivity contribution in [2.75, 3.05) is 18.5 Å². The van der Waals surface area contributed by atoms with Crippen LogP contribution < -0.4 is 10.6 Å². The van der Waals surface area contributed by atoms with Gasteiger partial charge in [-0.15, -0.1) is 0 Å². The van der Waals surface area contributed by atoms with Crippen LogP contribution >= 0.6 is 11.6 Å². The average Bonchev–Trinajstić information content (AvgIpc) is 3.25. The van der Waals surface area contributed by atoms with Gasteiger partial charge in [0, 0.05) is 29.1 Å². The molecule has 8 nitrogen and oxygen atoms in total. The number of amides is 2. The van der Waals surface area contributed by atoms with Crippen LogP contribution in [0.4, 0.5) is 5.88 Å². The first-order chi connectivity index (χ1) is 16.5. The fourth-order valence-electron chi connectivity index (χ4n) is 3.24. The molecule has 0 atom stereocenters. The maximum absolute atomic E-state index is 12.5. The second-order valence-corrected chi connectivity index (χ2v) is 7.88. The van der Waals surface area contributed by atoms with Crippen LogP contribution in [0, 0.1) is 0 Å². The number of aromatic nitrogens is 1. The number of esters is 1. The molecule has 0 aliphatic rings. The lowest BCUT2D eigenvalue weighted by Gasteiger charge is -2.07. The molecule has 0 fully saturated rings. The van der Waals surface area contributed by atoms with Crippen LogP contribution in [0.3, 0.4) is 0 Å². The summed E-state index contributed by atoms with van der Waals surface area (Å²) in [6, 6.07) is 15.7. The molecule has 34 heavy (non-hydrogen) atoms. The standard InChI is InChI=1S/C25H26ClN3O5/c1-2-33-25(32)21-22(17-12-14-19(26)15-13-17)29-34-24(21)28-20(30)11-7-4-8-16-27-23(31)18-9-5-3-6-10-18/h3,5-6,9-10,12-15H,2,4,7-8,11,16H2,1H3,(H,27,31)(H,28,30). The molecule has 0 saturated heterocycles. The second kappa shape index (κ2) is 12.6. The Morgan fingerprint density at radius 2 is 1.74 bits per heavy atom. The third-order valence-corrected chi connectivity index (χ3v) is 5.20. The molecule has 9 heteroatoms. The highest BCUT2D eigenvalue weighted by atomic mass is 35.5. The third kappa shape index (κ3) is 6.92. The molecular formula is C25H26ClN3O5. The molecule has 0 unspecified atom stereocenters. The van der Waals surface area contributed by atoms with Gasteiger partial charge < -0.3 is 14.6 Å². The zero-order valence-electron chi connectivity index (χ0n) is 18.8. The van der Waals surface area contributed by atoms with Gasteiger partial charge in [0.2, 0.25) is 11.8 Å². The topological polar surface area (TPSA) is 111 Å². The van der Waals surface area contributed by atoms with Crippen molar-refractivity contribution >= 4 is 35.3 Å². The van der Waals surface area contributed by atoms with Gasteiger partial charge in [-0.25, -0.2) is 4.79 Å². The normalized spacial score (nSPS) is 10.5. The number of hydrogen-bond donors (Lipinski definition) is 2. The van der Waals surface area contributed by atoms with Crippen molar-refractivity contribution in [3.63, 3.8) is 0 Å². The molecule has 3 rings (SSSR count). The van der Waals surface area contributed by atoms with Crippen LogP contribution in [0.2, 0.25) is 5.02 Å². The summed E-state index contributed by atoms with van der Waals surface area (Å²) < 4.78 is 10.4. The van der Waals surface area contributed by atoms with Gasteiger partial charge in [-0.1, -0.05) is 53.5 Å². The largest absolute Gasteiger partial charge is 0.462 e. The predicted octanol–water partition coefficient (Wildman–Crippen LogP) is 5.10. The van der Waals surface area contributed by atoms with Crippen molar-refractivity contribution in [1.82, 2.24) is 10.5 Å². The number of carbonyl (C=O) groups is 3. The zero-order valence-corrected chi connectivity index (χ0v) is 19.6. The first-order valence-corrected chi connectivity index (χ1v) is 11.4. The van der Waals surface area contributed by atoms with Crippen molar-refractivity contribution in [2.24, 2.45) is 0 Å². The molecule has 2 aromatic carbocycles. The zero-order chi connectivity index (χ0) is 24.3. The van der Waals surface area contributed by atoms with Crippen molar-refractivity contribution in [2.45, 2.75) is 32.6 Å². The number of unbranched alkanes of at least 4 members (excludes halogenated alkanes) is 2. The Hall–Kier alpha value is -3.65. The molecule has 178 valence electrons. The highest BCUT2D eigenvalue weighted by Gasteiger charge is 2.26. The lowest BCUT2D eigenvalue weighted by molar-refractivity contribution is -0.116. The Labute approximate surface area is 202 Å². The molecule has 3 aromatic rings. The van der Waals surface area contributed by atoms with Crippen molar-refractivity contribution in [1.29, 1.82) is 0 Å². The number of nitrogens with zero attached hydrogens (tertiary/aromatic N) is 1. The Morgan fingerprint density at radius 3 is 2.44 bits per heavy atom. The minimum Gasteiger partial charge on any atom is -0.462 e. The van der Waals surface area contributed by atoms with E-state index in [1.807, 2.05) is 18.2 Å². The Balaban J connectivity index is 1.50. The Bertz CT molecular complexity index is 1110. The number of anilines is 1. The van der Waals surface area contributed by atoms with Gasteiger partial charge in [0.05, 0.1) is 6.61 Å². The average molecular weight is 484 g/mol. The van der Waals surface area contributed by atoms with Crippen molar-refractivity contribution in [3.8, 4) is 11.3 Å². The lowest BCUT2D eigenvalue weighted by Crippen LogP contribution is -2.24. The fourth-order valence-corrected chi connectivity index (χ4v) is 3.37. The summed E-state index contributed by atoms with van der Waals surface area (Å²) in [5, 5.41) is 9.98. The summed E-state index contributed by atoms with van der Waals surface area (Å²) >= 11 is 5.94. The van der Waals surface area contributed by atoms with Gasteiger partial charge in [-0.3, -0.25) is 14.9 Å². The summed E-state index contributed by atoms with van der Waals surface area (Å²) in [7, 11) is 0. The first-order valence-electron chi connectivity index (χ1n) is 11.1. The van der Waals surface area contributed by atoms with E-state index in [1.54, 1.807) is 43.3 Å². The number of rotatable bonds is 11. The van der Waals surface area contributed by atoms with E-state index < -0.39 is 5.97 Å². The van der Waals surface area contributed by atoms with Gasteiger partial charge in [0.25, 0.3) is 5.91 Å². The van der Waals surface area contributed by atoms with Crippen LogP contribution in [0.1, 0.15) is 53.3 Å². The number of halogens is 1.